The van der Waals surface area contributed by atoms with Gasteiger partial charge in [-0.25, -0.2) is 4.98 Å². The Labute approximate surface area is 221 Å². The summed E-state index contributed by atoms with van der Waals surface area (Å²) in [4.78, 5) is 33.5. The number of hydrogen-bond donors (Lipinski definition) is 3. The number of hydrogen-bond acceptors (Lipinski definition) is 5. The lowest BCUT2D eigenvalue weighted by Gasteiger charge is -2.18. The van der Waals surface area contributed by atoms with Gasteiger partial charge < -0.3 is 20.4 Å². The second-order valence-electron chi connectivity index (χ2n) is 8.36. The molecule has 0 aliphatic carbocycles. The topological polar surface area (TPSA) is 96.1 Å². The van der Waals surface area contributed by atoms with Crippen molar-refractivity contribution in [2.45, 2.75) is 18.6 Å². The SMILES string of the molecule is CSCC[C@H](NC(=O)c1ccccc1OCC(=O)Nc1cccc(C(F)(F)F)c1)c1nc2ccccc2[nH]1. The van der Waals surface area contributed by atoms with E-state index < -0.39 is 30.2 Å². The highest BCUT2D eigenvalue weighted by Gasteiger charge is 2.30. The minimum absolute atomic E-state index is 0.0121. The zero-order valence-electron chi connectivity index (χ0n) is 20.3. The zero-order chi connectivity index (χ0) is 27.1. The number of para-hydroxylation sites is 3. The molecule has 0 aliphatic rings. The fourth-order valence-electron chi connectivity index (χ4n) is 3.78. The second-order valence-corrected chi connectivity index (χ2v) is 9.34. The van der Waals surface area contributed by atoms with Crippen LogP contribution in [0, 0.1) is 0 Å². The van der Waals surface area contributed by atoms with Crippen LogP contribution >= 0.6 is 11.8 Å². The maximum atomic E-state index is 13.2. The molecule has 3 N–H and O–H groups in total. The number of halogens is 3. The number of nitrogens with one attached hydrogen (secondary N) is 3. The van der Waals surface area contributed by atoms with Crippen LogP contribution in [-0.2, 0) is 11.0 Å². The number of rotatable bonds is 10. The maximum Gasteiger partial charge on any atom is 0.416 e. The van der Waals surface area contributed by atoms with Crippen LogP contribution in [0.4, 0.5) is 18.9 Å². The van der Waals surface area contributed by atoms with E-state index in [1.807, 2.05) is 30.5 Å². The summed E-state index contributed by atoms with van der Waals surface area (Å²) >= 11 is 1.65. The number of aromatic nitrogens is 2. The van der Waals surface area contributed by atoms with Gasteiger partial charge in [-0.2, -0.15) is 24.9 Å². The van der Waals surface area contributed by atoms with Gasteiger partial charge in [-0.05, 0) is 60.9 Å². The summed E-state index contributed by atoms with van der Waals surface area (Å²) < 4.78 is 44.4. The average Bonchev–Trinajstić information content (AvgIpc) is 3.34. The molecule has 11 heteroatoms. The Bertz CT molecular complexity index is 1390. The van der Waals surface area contributed by atoms with Crippen LogP contribution in [-0.4, -0.2) is 40.4 Å². The van der Waals surface area contributed by atoms with Gasteiger partial charge in [0, 0.05) is 5.69 Å². The van der Waals surface area contributed by atoms with E-state index in [9.17, 15) is 22.8 Å². The number of anilines is 1. The first-order valence-electron chi connectivity index (χ1n) is 11.7. The molecule has 4 rings (SSSR count). The molecule has 0 unspecified atom stereocenters. The molecular formula is C27H25F3N4O3S. The van der Waals surface area contributed by atoms with Crippen molar-refractivity contribution in [3.8, 4) is 5.75 Å². The minimum atomic E-state index is -4.53. The van der Waals surface area contributed by atoms with Gasteiger partial charge in [0.25, 0.3) is 11.8 Å². The molecule has 1 heterocycles. The molecule has 3 aromatic carbocycles. The lowest BCUT2D eigenvalue weighted by molar-refractivity contribution is -0.137. The van der Waals surface area contributed by atoms with Crippen LogP contribution in [0.1, 0.15) is 34.2 Å². The van der Waals surface area contributed by atoms with Crippen LogP contribution < -0.4 is 15.4 Å². The van der Waals surface area contributed by atoms with Crippen molar-refractivity contribution in [3.05, 3.63) is 89.7 Å². The van der Waals surface area contributed by atoms with Crippen LogP contribution in [0.2, 0.25) is 0 Å². The van der Waals surface area contributed by atoms with E-state index in [0.29, 0.717) is 12.2 Å². The third-order valence-corrected chi connectivity index (χ3v) is 6.26. The fraction of sp³-hybridized carbons (Fsp3) is 0.222. The summed E-state index contributed by atoms with van der Waals surface area (Å²) in [6.07, 6.45) is -1.92. The lowest BCUT2D eigenvalue weighted by atomic mass is 10.1. The van der Waals surface area contributed by atoms with Crippen molar-refractivity contribution in [2.24, 2.45) is 0 Å². The molecule has 2 amide bonds. The highest BCUT2D eigenvalue weighted by atomic mass is 32.2. The van der Waals surface area contributed by atoms with Crippen molar-refractivity contribution in [1.82, 2.24) is 15.3 Å². The quantitative estimate of drug-likeness (QED) is 0.235. The Morgan fingerprint density at radius 1 is 1.05 bits per heavy atom. The van der Waals surface area contributed by atoms with Gasteiger partial charge in [-0.1, -0.05) is 30.3 Å². The molecule has 0 saturated heterocycles. The van der Waals surface area contributed by atoms with Gasteiger partial charge in [-0.15, -0.1) is 0 Å². The first-order chi connectivity index (χ1) is 18.2. The Hall–Kier alpha value is -3.99. The third-order valence-electron chi connectivity index (χ3n) is 5.62. The van der Waals surface area contributed by atoms with E-state index in [4.69, 9.17) is 4.74 Å². The first kappa shape index (κ1) is 27.1. The van der Waals surface area contributed by atoms with Crippen LogP contribution in [0.3, 0.4) is 0 Å². The smallest absolute Gasteiger partial charge is 0.416 e. The maximum absolute atomic E-state index is 13.2. The number of fused-ring (bicyclic) bond motifs is 1. The number of H-pyrrole nitrogens is 1. The lowest BCUT2D eigenvalue weighted by Crippen LogP contribution is -2.30. The zero-order valence-corrected chi connectivity index (χ0v) is 21.2. The number of alkyl halides is 3. The van der Waals surface area contributed by atoms with Gasteiger partial charge in [0.15, 0.2) is 6.61 Å². The van der Waals surface area contributed by atoms with Crippen molar-refractivity contribution >= 4 is 40.3 Å². The summed E-state index contributed by atoms with van der Waals surface area (Å²) in [7, 11) is 0. The van der Waals surface area contributed by atoms with Crippen molar-refractivity contribution in [1.29, 1.82) is 0 Å². The number of thioether (sulfide) groups is 1. The highest BCUT2D eigenvalue weighted by Crippen LogP contribution is 2.30. The average molecular weight is 543 g/mol. The van der Waals surface area contributed by atoms with E-state index in [2.05, 4.69) is 20.6 Å². The number of ether oxygens (including phenoxy) is 1. The van der Waals surface area contributed by atoms with Crippen molar-refractivity contribution in [3.63, 3.8) is 0 Å². The molecule has 0 aliphatic heterocycles. The molecule has 0 bridgehead atoms. The Balaban J connectivity index is 1.44. The molecule has 1 aromatic heterocycles. The molecule has 0 saturated carbocycles. The van der Waals surface area contributed by atoms with Gasteiger partial charge >= 0.3 is 6.18 Å². The summed E-state index contributed by atoms with van der Waals surface area (Å²) in [5, 5.41) is 5.38. The van der Waals surface area contributed by atoms with Crippen LogP contribution in [0.15, 0.2) is 72.8 Å². The number of amides is 2. The molecule has 38 heavy (non-hydrogen) atoms. The molecule has 0 radical (unpaired) electrons. The molecule has 4 aromatic rings. The van der Waals surface area contributed by atoms with Crippen LogP contribution in [0.25, 0.3) is 11.0 Å². The summed E-state index contributed by atoms with van der Waals surface area (Å²) in [5.74, 6) is 0.505. The van der Waals surface area contributed by atoms with E-state index >= 15 is 0 Å². The summed E-state index contributed by atoms with van der Waals surface area (Å²) in [6.45, 7) is -0.500. The molecule has 198 valence electrons. The van der Waals surface area contributed by atoms with Gasteiger partial charge in [-0.3, -0.25) is 9.59 Å². The number of carbonyl (C=O) groups excluding carboxylic acids is 2. The third kappa shape index (κ3) is 6.86. The minimum Gasteiger partial charge on any atom is -0.483 e. The number of imidazole rings is 1. The predicted molar refractivity (Wildman–Crippen MR) is 141 cm³/mol. The Morgan fingerprint density at radius 2 is 1.82 bits per heavy atom. The highest BCUT2D eigenvalue weighted by molar-refractivity contribution is 7.98. The van der Waals surface area contributed by atoms with Gasteiger partial charge in [0.1, 0.15) is 11.6 Å². The van der Waals surface area contributed by atoms with Gasteiger partial charge in [0.2, 0.25) is 0 Å². The predicted octanol–water partition coefficient (Wildman–Crippen LogP) is 5.82. The summed E-state index contributed by atoms with van der Waals surface area (Å²) in [5.41, 5.74) is 0.980. The first-order valence-corrected chi connectivity index (χ1v) is 13.1. The Morgan fingerprint density at radius 3 is 2.58 bits per heavy atom. The standard InChI is InChI=1S/C27H25F3N4O3S/c1-38-14-13-22(25-32-20-10-3-4-11-21(20)33-25)34-26(36)19-9-2-5-12-23(19)37-16-24(35)31-18-8-6-7-17(15-18)27(28,29)30/h2-12,15,22H,13-14,16H2,1H3,(H,31,35)(H,32,33)(H,34,36)/t22-/m0/s1. The second kappa shape index (κ2) is 12.0. The normalized spacial score (nSPS) is 12.2. The van der Waals surface area contributed by atoms with Gasteiger partial charge in [0.05, 0.1) is 28.2 Å². The van der Waals surface area contributed by atoms with E-state index in [1.165, 1.54) is 12.1 Å². The van der Waals surface area contributed by atoms with Crippen molar-refractivity contribution < 1.29 is 27.5 Å². The molecule has 1 atom stereocenters. The van der Waals surface area contributed by atoms with E-state index in [0.717, 1.165) is 28.9 Å². The van der Waals surface area contributed by atoms with E-state index in [1.54, 1.807) is 36.0 Å². The number of carbonyl (C=O) groups is 2. The van der Waals surface area contributed by atoms with Crippen molar-refractivity contribution in [2.75, 3.05) is 23.9 Å². The molecule has 0 spiro atoms. The number of nitrogens with zero attached hydrogens (tertiary/aromatic N) is 1. The monoisotopic (exact) mass is 542 g/mol. The van der Waals surface area contributed by atoms with Crippen LogP contribution in [0.5, 0.6) is 5.75 Å². The largest absolute Gasteiger partial charge is 0.483 e. The molecule has 7 nitrogen and oxygen atoms in total. The summed E-state index contributed by atoms with van der Waals surface area (Å²) in [6, 6.07) is 17.9. The fourth-order valence-corrected chi connectivity index (χ4v) is 4.25. The molecular weight excluding hydrogens is 517 g/mol. The Kier molecular flexibility index (Phi) is 8.57. The van der Waals surface area contributed by atoms with E-state index in [-0.39, 0.29) is 23.0 Å². The number of benzene rings is 3. The molecule has 0 fully saturated rings. The number of aromatic amines is 1.